The number of aromatic nitrogens is 1. The predicted molar refractivity (Wildman–Crippen MR) is 80.5 cm³/mol. The van der Waals surface area contributed by atoms with Crippen molar-refractivity contribution in [3.63, 3.8) is 0 Å². The van der Waals surface area contributed by atoms with Crippen molar-refractivity contribution in [1.29, 1.82) is 0 Å². The first kappa shape index (κ1) is 16.1. The second-order valence-electron chi connectivity index (χ2n) is 4.60. The van der Waals surface area contributed by atoms with Gasteiger partial charge in [-0.1, -0.05) is 6.07 Å². The lowest BCUT2D eigenvalue weighted by atomic mass is 10.1. The fourth-order valence-corrected chi connectivity index (χ4v) is 2.70. The average Bonchev–Trinajstić information content (AvgIpc) is 3.01. The molecule has 0 aliphatic carbocycles. The lowest BCUT2D eigenvalue weighted by Gasteiger charge is -2.16. The molecule has 1 heterocycles. The zero-order valence-electron chi connectivity index (χ0n) is 12.2. The van der Waals surface area contributed by atoms with Crippen LogP contribution in [0.5, 0.6) is 0 Å². The first-order valence-electron chi connectivity index (χ1n) is 6.48. The number of carbonyl (C=O) groups excluding carboxylic acids is 2. The number of alkyl halides is 1. The second kappa shape index (κ2) is 7.13. The van der Waals surface area contributed by atoms with E-state index in [0.717, 1.165) is 0 Å². The van der Waals surface area contributed by atoms with Crippen LogP contribution in [0.4, 0.5) is 4.39 Å². The number of ether oxygens (including phenoxy) is 1. The van der Waals surface area contributed by atoms with E-state index in [4.69, 9.17) is 0 Å². The highest BCUT2D eigenvalue weighted by Gasteiger charge is 2.16. The van der Waals surface area contributed by atoms with Gasteiger partial charge in [0.25, 0.3) is 5.91 Å². The summed E-state index contributed by atoms with van der Waals surface area (Å²) in [5.74, 6) is -0.743. The van der Waals surface area contributed by atoms with Gasteiger partial charge < -0.3 is 9.64 Å². The first-order chi connectivity index (χ1) is 10.5. The molecule has 1 aromatic heterocycles. The van der Waals surface area contributed by atoms with Crippen LogP contribution in [0.1, 0.15) is 31.4 Å². The molecule has 5 nitrogen and oxygen atoms in total. The fraction of sp³-hybridized carbons (Fsp3) is 0.267. The summed E-state index contributed by atoms with van der Waals surface area (Å²) in [7, 11) is 2.91. The first-order valence-corrected chi connectivity index (χ1v) is 7.36. The van der Waals surface area contributed by atoms with E-state index in [1.165, 1.54) is 29.4 Å². The molecule has 0 fully saturated rings. The summed E-state index contributed by atoms with van der Waals surface area (Å²) in [5.41, 5.74) is 1.07. The Balaban J connectivity index is 2.11. The van der Waals surface area contributed by atoms with Crippen LogP contribution in [0.15, 0.2) is 29.6 Å². The van der Waals surface area contributed by atoms with Crippen LogP contribution in [0.3, 0.4) is 0 Å². The van der Waals surface area contributed by atoms with Crippen LogP contribution >= 0.6 is 11.3 Å². The van der Waals surface area contributed by atoms with Crippen molar-refractivity contribution in [3.8, 4) is 0 Å². The minimum atomic E-state index is -0.616. The maximum Gasteiger partial charge on any atom is 0.337 e. The molecule has 1 amide bonds. The lowest BCUT2D eigenvalue weighted by Crippen LogP contribution is -2.26. The Hall–Kier alpha value is -2.28. The molecule has 0 saturated heterocycles. The van der Waals surface area contributed by atoms with Crippen LogP contribution in [-0.4, -0.2) is 35.9 Å². The number of carbonyl (C=O) groups is 2. The van der Waals surface area contributed by atoms with Gasteiger partial charge in [0.2, 0.25) is 0 Å². The molecule has 0 bridgehead atoms. The topological polar surface area (TPSA) is 59.5 Å². The largest absolute Gasteiger partial charge is 0.465 e. The number of rotatable bonds is 5. The molecular formula is C15H15FN2O3S. The minimum Gasteiger partial charge on any atom is -0.465 e. The van der Waals surface area contributed by atoms with Crippen molar-refractivity contribution in [2.75, 3.05) is 14.2 Å². The van der Waals surface area contributed by atoms with Gasteiger partial charge in [0, 0.05) is 18.0 Å². The van der Waals surface area contributed by atoms with Gasteiger partial charge in [-0.25, -0.2) is 14.2 Å². The maximum atomic E-state index is 12.5. The summed E-state index contributed by atoms with van der Waals surface area (Å²) < 4.78 is 17.1. The van der Waals surface area contributed by atoms with Gasteiger partial charge in [0.15, 0.2) is 0 Å². The van der Waals surface area contributed by atoms with Crippen LogP contribution in [0, 0.1) is 0 Å². The van der Waals surface area contributed by atoms with Gasteiger partial charge in [0.05, 0.1) is 24.9 Å². The zero-order chi connectivity index (χ0) is 16.1. The molecule has 22 heavy (non-hydrogen) atoms. The number of amides is 1. The number of methoxy groups -OCH3 is 1. The monoisotopic (exact) mass is 322 g/mol. The molecule has 0 spiro atoms. The van der Waals surface area contributed by atoms with Crippen molar-refractivity contribution in [2.24, 2.45) is 0 Å². The second-order valence-corrected chi connectivity index (χ2v) is 5.54. The maximum absolute atomic E-state index is 12.5. The third-order valence-electron chi connectivity index (χ3n) is 2.99. The summed E-state index contributed by atoms with van der Waals surface area (Å²) >= 11 is 1.31. The van der Waals surface area contributed by atoms with Crippen molar-refractivity contribution >= 4 is 23.2 Å². The highest BCUT2D eigenvalue weighted by Crippen LogP contribution is 2.15. The molecule has 0 radical (unpaired) electrons. The third-order valence-corrected chi connectivity index (χ3v) is 3.87. The number of nitrogens with zero attached hydrogens (tertiary/aromatic N) is 2. The molecule has 0 atom stereocenters. The molecule has 0 unspecified atom stereocenters. The van der Waals surface area contributed by atoms with E-state index >= 15 is 0 Å². The molecule has 2 rings (SSSR count). The fourth-order valence-electron chi connectivity index (χ4n) is 1.88. The molecular weight excluding hydrogens is 307 g/mol. The Morgan fingerprint density at radius 3 is 2.73 bits per heavy atom. The lowest BCUT2D eigenvalue weighted by molar-refractivity contribution is 0.0600. The van der Waals surface area contributed by atoms with E-state index in [9.17, 15) is 14.0 Å². The summed E-state index contributed by atoms with van der Waals surface area (Å²) in [6.45, 7) is -0.332. The van der Waals surface area contributed by atoms with E-state index in [0.29, 0.717) is 21.8 Å². The van der Waals surface area contributed by atoms with Crippen molar-refractivity contribution in [2.45, 2.75) is 13.2 Å². The quantitative estimate of drug-likeness (QED) is 0.794. The molecule has 0 saturated carbocycles. The number of hydrogen-bond acceptors (Lipinski definition) is 5. The van der Waals surface area contributed by atoms with Crippen molar-refractivity contribution in [3.05, 3.63) is 51.5 Å². The highest BCUT2D eigenvalue weighted by atomic mass is 32.1. The van der Waals surface area contributed by atoms with Crippen molar-refractivity contribution in [1.82, 2.24) is 9.88 Å². The van der Waals surface area contributed by atoms with Gasteiger partial charge in [0.1, 0.15) is 11.7 Å². The van der Waals surface area contributed by atoms with E-state index in [1.54, 1.807) is 30.6 Å². The Labute approximate surface area is 131 Å². The molecule has 7 heteroatoms. The normalized spacial score (nSPS) is 10.3. The van der Waals surface area contributed by atoms with E-state index < -0.39 is 12.6 Å². The van der Waals surface area contributed by atoms with Crippen LogP contribution in [-0.2, 0) is 18.0 Å². The average molecular weight is 322 g/mol. The van der Waals surface area contributed by atoms with Gasteiger partial charge in [-0.3, -0.25) is 4.79 Å². The van der Waals surface area contributed by atoms with Gasteiger partial charge >= 0.3 is 5.97 Å². The smallest absolute Gasteiger partial charge is 0.337 e. The molecule has 2 aromatic rings. The van der Waals surface area contributed by atoms with Crippen LogP contribution in [0.2, 0.25) is 0 Å². The summed E-state index contributed by atoms with van der Waals surface area (Å²) in [4.78, 5) is 29.4. The summed E-state index contributed by atoms with van der Waals surface area (Å²) in [6, 6.07) is 6.31. The van der Waals surface area contributed by atoms with Crippen LogP contribution in [0.25, 0.3) is 0 Å². The molecule has 0 N–H and O–H groups in total. The van der Waals surface area contributed by atoms with E-state index in [2.05, 4.69) is 9.72 Å². The third kappa shape index (κ3) is 3.67. The summed E-state index contributed by atoms with van der Waals surface area (Å²) in [5, 5.41) is 2.29. The summed E-state index contributed by atoms with van der Waals surface area (Å²) in [6.07, 6.45) is 0. The predicted octanol–water partition coefficient (Wildman–Crippen LogP) is 2.67. The van der Waals surface area contributed by atoms with E-state index in [-0.39, 0.29) is 12.5 Å². The molecule has 0 aliphatic heterocycles. The van der Waals surface area contributed by atoms with Crippen molar-refractivity contribution < 1.29 is 18.7 Å². The standard InChI is InChI=1S/C15H15FN2O3S/c1-18(8-13-17-12(7-16)9-22-13)14(19)10-4-3-5-11(6-10)15(20)21-2/h3-6,9H,7-8H2,1-2H3. The van der Waals surface area contributed by atoms with Crippen LogP contribution < -0.4 is 0 Å². The SMILES string of the molecule is COC(=O)c1cccc(C(=O)N(C)Cc2nc(CF)cs2)c1. The van der Waals surface area contributed by atoms with Gasteiger partial charge in [-0.15, -0.1) is 11.3 Å². The highest BCUT2D eigenvalue weighted by molar-refractivity contribution is 7.09. The number of halogens is 1. The van der Waals surface area contributed by atoms with Gasteiger partial charge in [-0.2, -0.15) is 0 Å². The Bertz CT molecular complexity index is 687. The Morgan fingerprint density at radius 2 is 2.09 bits per heavy atom. The number of benzene rings is 1. The minimum absolute atomic E-state index is 0.247. The molecule has 0 aliphatic rings. The van der Waals surface area contributed by atoms with Gasteiger partial charge in [-0.05, 0) is 18.2 Å². The number of hydrogen-bond donors (Lipinski definition) is 0. The molecule has 1 aromatic carbocycles. The number of thiazole rings is 1. The van der Waals surface area contributed by atoms with E-state index in [1.807, 2.05) is 0 Å². The number of esters is 1. The molecule has 116 valence electrons. The zero-order valence-corrected chi connectivity index (χ0v) is 13.0. The Kier molecular flexibility index (Phi) is 5.21. The Morgan fingerprint density at radius 1 is 1.36 bits per heavy atom.